The van der Waals surface area contributed by atoms with Crippen LogP contribution < -0.4 is 5.32 Å². The van der Waals surface area contributed by atoms with Crippen LogP contribution in [0.3, 0.4) is 0 Å². The molecule has 0 aromatic carbocycles. The zero-order chi connectivity index (χ0) is 16.1. The normalized spacial score (nSPS) is 20.4. The van der Waals surface area contributed by atoms with E-state index in [1.54, 1.807) is 19.9 Å². The highest BCUT2D eigenvalue weighted by Gasteiger charge is 2.31. The van der Waals surface area contributed by atoms with Crippen LogP contribution in [0.2, 0.25) is 0 Å². The summed E-state index contributed by atoms with van der Waals surface area (Å²) >= 11 is 0. The number of hydrogen-bond acceptors (Lipinski definition) is 6. The topological polar surface area (TPSA) is 84.7 Å². The molecule has 1 aromatic rings. The van der Waals surface area contributed by atoms with Crippen LogP contribution in [0.4, 0.5) is 5.88 Å². The number of esters is 1. The molecule has 0 saturated carbocycles. The quantitative estimate of drug-likeness (QED) is 0.831. The zero-order valence-electron chi connectivity index (χ0n) is 13.3. The van der Waals surface area contributed by atoms with Gasteiger partial charge in [0, 0.05) is 12.6 Å². The van der Waals surface area contributed by atoms with Crippen LogP contribution in [0.25, 0.3) is 0 Å². The Morgan fingerprint density at radius 3 is 3.00 bits per heavy atom. The molecule has 22 heavy (non-hydrogen) atoms. The van der Waals surface area contributed by atoms with Crippen LogP contribution in [0.1, 0.15) is 32.4 Å². The van der Waals surface area contributed by atoms with Crippen molar-refractivity contribution in [1.29, 1.82) is 0 Å². The number of amides is 1. The summed E-state index contributed by atoms with van der Waals surface area (Å²) in [6, 6.07) is 1.32. The highest BCUT2D eigenvalue weighted by Crippen LogP contribution is 2.20. The van der Waals surface area contributed by atoms with Gasteiger partial charge in [-0.1, -0.05) is 5.16 Å². The van der Waals surface area contributed by atoms with Gasteiger partial charge in [0.1, 0.15) is 0 Å². The lowest BCUT2D eigenvalue weighted by molar-refractivity contribution is -0.150. The molecule has 0 aliphatic carbocycles. The molecule has 0 bridgehead atoms. The molecule has 0 unspecified atom stereocenters. The van der Waals surface area contributed by atoms with Gasteiger partial charge in [0.05, 0.1) is 24.3 Å². The predicted octanol–water partition coefficient (Wildman–Crippen LogP) is 1.59. The van der Waals surface area contributed by atoms with Crippen LogP contribution in [0.15, 0.2) is 10.6 Å². The maximum Gasteiger partial charge on any atom is 0.310 e. The second-order valence-corrected chi connectivity index (χ2v) is 5.58. The molecule has 1 saturated heterocycles. The maximum absolute atomic E-state index is 12.3. The summed E-state index contributed by atoms with van der Waals surface area (Å²) in [4.78, 5) is 26.1. The second-order valence-electron chi connectivity index (χ2n) is 5.58. The number of carbonyl (C=O) groups is 2. The number of nitrogens with zero attached hydrogens (tertiary/aromatic N) is 2. The predicted molar refractivity (Wildman–Crippen MR) is 80.3 cm³/mol. The fourth-order valence-corrected chi connectivity index (χ4v) is 2.62. The summed E-state index contributed by atoms with van der Waals surface area (Å²) in [6.45, 7) is 7.14. The van der Waals surface area contributed by atoms with Crippen molar-refractivity contribution < 1.29 is 18.8 Å². The summed E-state index contributed by atoms with van der Waals surface area (Å²) in [6.07, 6.45) is 1.69. The first-order valence-electron chi connectivity index (χ1n) is 7.66. The van der Waals surface area contributed by atoms with Crippen molar-refractivity contribution in [1.82, 2.24) is 10.1 Å². The zero-order valence-corrected chi connectivity index (χ0v) is 13.3. The number of nitrogens with one attached hydrogen (secondary N) is 1. The molecular formula is C15H23N3O4. The van der Waals surface area contributed by atoms with Gasteiger partial charge in [-0.3, -0.25) is 19.8 Å². The number of likely N-dealkylation sites (tertiary alicyclic amines) is 1. The lowest BCUT2D eigenvalue weighted by atomic mass is 9.97. The van der Waals surface area contributed by atoms with E-state index >= 15 is 0 Å². The molecule has 1 aromatic heterocycles. The number of hydrogen-bond donors (Lipinski definition) is 1. The Labute approximate surface area is 130 Å². The van der Waals surface area contributed by atoms with Crippen molar-refractivity contribution in [2.75, 3.05) is 25.0 Å². The van der Waals surface area contributed by atoms with Crippen molar-refractivity contribution in [2.24, 2.45) is 5.92 Å². The van der Waals surface area contributed by atoms with Gasteiger partial charge in [-0.15, -0.1) is 0 Å². The molecular weight excluding hydrogens is 286 g/mol. The first kappa shape index (κ1) is 16.5. The molecule has 1 aliphatic rings. The Morgan fingerprint density at radius 2 is 2.36 bits per heavy atom. The first-order valence-corrected chi connectivity index (χ1v) is 7.66. The summed E-state index contributed by atoms with van der Waals surface area (Å²) in [5, 5.41) is 6.44. The van der Waals surface area contributed by atoms with Crippen LogP contribution >= 0.6 is 0 Å². The van der Waals surface area contributed by atoms with Crippen LogP contribution in [-0.4, -0.2) is 47.7 Å². The van der Waals surface area contributed by atoms with Gasteiger partial charge in [-0.25, -0.2) is 0 Å². The van der Waals surface area contributed by atoms with E-state index < -0.39 is 0 Å². The Bertz CT molecular complexity index is 529. The molecule has 7 nitrogen and oxygen atoms in total. The van der Waals surface area contributed by atoms with Crippen LogP contribution in [-0.2, 0) is 14.3 Å². The number of anilines is 1. The number of rotatable bonds is 5. The van der Waals surface area contributed by atoms with E-state index in [4.69, 9.17) is 9.26 Å². The van der Waals surface area contributed by atoms with Gasteiger partial charge < -0.3 is 9.26 Å². The minimum absolute atomic E-state index is 0.156. The monoisotopic (exact) mass is 309 g/mol. The third-order valence-corrected chi connectivity index (χ3v) is 3.87. The number of carbonyl (C=O) groups excluding carboxylic acids is 2. The molecule has 1 amide bonds. The highest BCUT2D eigenvalue weighted by molar-refractivity contribution is 5.93. The molecule has 2 heterocycles. The third kappa shape index (κ3) is 4.07. The molecule has 1 aliphatic heterocycles. The molecule has 7 heteroatoms. The Kier molecular flexibility index (Phi) is 5.54. The lowest BCUT2D eigenvalue weighted by Gasteiger charge is -2.34. The molecule has 1 N–H and O–H groups in total. The number of aromatic nitrogens is 1. The summed E-state index contributed by atoms with van der Waals surface area (Å²) < 4.78 is 10.1. The Hall–Kier alpha value is -1.89. The van der Waals surface area contributed by atoms with Gasteiger partial charge in [-0.2, -0.15) is 0 Å². The molecule has 0 radical (unpaired) electrons. The van der Waals surface area contributed by atoms with E-state index in [2.05, 4.69) is 10.5 Å². The van der Waals surface area contributed by atoms with Gasteiger partial charge >= 0.3 is 5.97 Å². The van der Waals surface area contributed by atoms with Gasteiger partial charge in [-0.05, 0) is 40.2 Å². The largest absolute Gasteiger partial charge is 0.466 e. The standard InChI is InChI=1S/C15H23N3O4/c1-4-21-15(20)12-6-5-7-18(9-12)11(3)14(19)16-13-8-10(2)17-22-13/h8,11-12H,4-7,9H2,1-3H3,(H,16,19)/t11-,12+/m1/s1. The smallest absolute Gasteiger partial charge is 0.310 e. The minimum Gasteiger partial charge on any atom is -0.466 e. The van der Waals surface area contributed by atoms with E-state index in [0.717, 1.165) is 19.4 Å². The Balaban J connectivity index is 1.91. The second kappa shape index (κ2) is 7.40. The van der Waals surface area contributed by atoms with Crippen LogP contribution in [0.5, 0.6) is 0 Å². The Morgan fingerprint density at radius 1 is 1.59 bits per heavy atom. The number of piperidine rings is 1. The highest BCUT2D eigenvalue weighted by atomic mass is 16.5. The van der Waals surface area contributed by atoms with E-state index in [1.165, 1.54) is 0 Å². The molecule has 2 atom stereocenters. The molecule has 1 fully saturated rings. The van der Waals surface area contributed by atoms with Crippen LogP contribution in [0, 0.1) is 12.8 Å². The molecule has 122 valence electrons. The molecule has 2 rings (SSSR count). The average molecular weight is 309 g/mol. The van der Waals surface area contributed by atoms with Gasteiger partial charge in [0.25, 0.3) is 0 Å². The van der Waals surface area contributed by atoms with Crippen molar-refractivity contribution in [3.8, 4) is 0 Å². The fraction of sp³-hybridized carbons (Fsp3) is 0.667. The summed E-state index contributed by atoms with van der Waals surface area (Å²) in [7, 11) is 0. The van der Waals surface area contributed by atoms with Crippen molar-refractivity contribution in [3.63, 3.8) is 0 Å². The summed E-state index contributed by atoms with van der Waals surface area (Å²) in [5.74, 6) is -0.156. The van der Waals surface area contributed by atoms with E-state index in [9.17, 15) is 9.59 Å². The van der Waals surface area contributed by atoms with Crippen molar-refractivity contribution in [2.45, 2.75) is 39.7 Å². The van der Waals surface area contributed by atoms with Crippen molar-refractivity contribution >= 4 is 17.8 Å². The fourth-order valence-electron chi connectivity index (χ4n) is 2.62. The first-order chi connectivity index (χ1) is 10.5. The van der Waals surface area contributed by atoms with Crippen molar-refractivity contribution in [3.05, 3.63) is 11.8 Å². The average Bonchev–Trinajstić information content (AvgIpc) is 2.92. The lowest BCUT2D eigenvalue weighted by Crippen LogP contribution is -2.48. The van der Waals surface area contributed by atoms with Gasteiger partial charge in [0.2, 0.25) is 11.8 Å². The number of aryl methyl sites for hydroxylation is 1. The number of ether oxygens (including phenoxy) is 1. The van der Waals surface area contributed by atoms with E-state index in [0.29, 0.717) is 24.7 Å². The van der Waals surface area contributed by atoms with Gasteiger partial charge in [0.15, 0.2) is 0 Å². The third-order valence-electron chi connectivity index (χ3n) is 3.87. The van der Waals surface area contributed by atoms with E-state index in [1.807, 2.05) is 11.8 Å². The minimum atomic E-state index is -0.345. The summed E-state index contributed by atoms with van der Waals surface area (Å²) in [5.41, 5.74) is 0.711. The van der Waals surface area contributed by atoms with E-state index in [-0.39, 0.29) is 23.8 Å². The SMILES string of the molecule is CCOC(=O)[C@H]1CCCN([C@H](C)C(=O)Nc2cc(C)no2)C1. The molecule has 0 spiro atoms. The maximum atomic E-state index is 12.3.